The Kier molecular flexibility index (Phi) is 5.84. The first kappa shape index (κ1) is 14.0. The predicted octanol–water partition coefficient (Wildman–Crippen LogP) is 0.112. The largest absolute Gasteiger partial charge is 0.378 e. The Balaban J connectivity index is 1.48. The molecule has 2 rings (SSSR count). The zero-order valence-electron chi connectivity index (χ0n) is 11.3. The molecule has 0 aliphatic carbocycles. The first-order chi connectivity index (χ1) is 9.36. The van der Waals surface area contributed by atoms with Gasteiger partial charge in [-0.3, -0.25) is 4.79 Å². The fourth-order valence-corrected chi connectivity index (χ4v) is 2.08. The molecule has 0 spiro atoms. The molecule has 1 aliphatic rings. The highest BCUT2D eigenvalue weighted by molar-refractivity contribution is 5.78. The third-order valence-electron chi connectivity index (χ3n) is 3.22. The summed E-state index contributed by atoms with van der Waals surface area (Å²) >= 11 is 0. The van der Waals surface area contributed by atoms with Crippen molar-refractivity contribution in [2.45, 2.75) is 19.4 Å². The molecular weight excluding hydrogens is 244 g/mol. The van der Waals surface area contributed by atoms with E-state index in [1.54, 1.807) is 6.20 Å². The Hall–Kier alpha value is -1.40. The molecule has 0 saturated carbocycles. The van der Waals surface area contributed by atoms with E-state index in [1.165, 1.54) is 0 Å². The number of nitrogens with zero attached hydrogens (tertiary/aromatic N) is 3. The first-order valence-corrected chi connectivity index (χ1v) is 6.88. The van der Waals surface area contributed by atoms with Gasteiger partial charge in [-0.1, -0.05) is 0 Å². The molecular formula is C13H22N4O2. The number of aryl methyl sites for hydroxylation is 1. The Labute approximate surface area is 113 Å². The summed E-state index contributed by atoms with van der Waals surface area (Å²) in [5.74, 6) is 0.179. The number of hydrogen-bond acceptors (Lipinski definition) is 4. The third-order valence-corrected chi connectivity index (χ3v) is 3.22. The van der Waals surface area contributed by atoms with Crippen LogP contribution in [0.1, 0.15) is 12.8 Å². The number of aromatic nitrogens is 2. The van der Waals surface area contributed by atoms with Crippen LogP contribution in [-0.2, 0) is 16.1 Å². The second-order valence-corrected chi connectivity index (χ2v) is 4.68. The van der Waals surface area contributed by atoms with Gasteiger partial charge in [0.05, 0.1) is 26.1 Å². The Morgan fingerprint density at radius 2 is 2.16 bits per heavy atom. The Morgan fingerprint density at radius 1 is 1.32 bits per heavy atom. The van der Waals surface area contributed by atoms with E-state index in [9.17, 15) is 4.79 Å². The monoisotopic (exact) mass is 266 g/mol. The number of ether oxygens (including phenoxy) is 1. The molecule has 6 nitrogen and oxygen atoms in total. The van der Waals surface area contributed by atoms with Crippen LogP contribution in [0.25, 0.3) is 0 Å². The first-order valence-electron chi connectivity index (χ1n) is 6.88. The molecule has 1 N–H and O–H groups in total. The number of nitrogens with one attached hydrogen (secondary N) is 1. The molecule has 1 fully saturated rings. The van der Waals surface area contributed by atoms with Gasteiger partial charge in [0, 0.05) is 32.0 Å². The normalized spacial score (nSPS) is 15.7. The highest BCUT2D eigenvalue weighted by atomic mass is 16.5. The summed E-state index contributed by atoms with van der Waals surface area (Å²) in [4.78, 5) is 17.7. The van der Waals surface area contributed by atoms with E-state index in [2.05, 4.69) is 14.9 Å². The van der Waals surface area contributed by atoms with Crippen molar-refractivity contribution in [1.29, 1.82) is 0 Å². The third kappa shape index (κ3) is 5.00. The van der Waals surface area contributed by atoms with Crippen LogP contribution in [0.4, 0.5) is 0 Å². The van der Waals surface area contributed by atoms with Crippen molar-refractivity contribution in [2.24, 2.45) is 0 Å². The molecule has 1 aliphatic heterocycles. The molecule has 19 heavy (non-hydrogen) atoms. The van der Waals surface area contributed by atoms with E-state index in [1.807, 2.05) is 17.4 Å². The molecule has 1 aromatic heterocycles. The summed E-state index contributed by atoms with van der Waals surface area (Å²) in [5, 5.41) is 3.21. The maximum atomic E-state index is 11.8. The van der Waals surface area contributed by atoms with Crippen LogP contribution in [0, 0.1) is 0 Å². The van der Waals surface area contributed by atoms with E-state index < -0.39 is 0 Å². The number of rotatable bonds is 7. The van der Waals surface area contributed by atoms with Gasteiger partial charge < -0.3 is 19.5 Å². The number of hydrogen-bond donors (Lipinski definition) is 1. The van der Waals surface area contributed by atoms with Crippen molar-refractivity contribution in [3.63, 3.8) is 0 Å². The van der Waals surface area contributed by atoms with Gasteiger partial charge >= 0.3 is 0 Å². The van der Waals surface area contributed by atoms with Crippen LogP contribution in [0.2, 0.25) is 0 Å². The van der Waals surface area contributed by atoms with E-state index in [4.69, 9.17) is 4.74 Å². The summed E-state index contributed by atoms with van der Waals surface area (Å²) < 4.78 is 7.29. The minimum atomic E-state index is 0.179. The number of unbranched alkanes of at least 4 members (excludes halogenated alkanes) is 1. The maximum absolute atomic E-state index is 11.8. The lowest BCUT2D eigenvalue weighted by atomic mass is 10.3. The summed E-state index contributed by atoms with van der Waals surface area (Å²) in [6.07, 6.45) is 7.74. The fraction of sp³-hybridized carbons (Fsp3) is 0.692. The highest BCUT2D eigenvalue weighted by Gasteiger charge is 2.15. The number of morpholine rings is 1. The smallest absolute Gasteiger partial charge is 0.236 e. The molecule has 6 heteroatoms. The van der Waals surface area contributed by atoms with Gasteiger partial charge in [0.15, 0.2) is 0 Å². The van der Waals surface area contributed by atoms with Crippen LogP contribution >= 0.6 is 0 Å². The van der Waals surface area contributed by atoms with Crippen molar-refractivity contribution in [2.75, 3.05) is 39.4 Å². The molecule has 0 bridgehead atoms. The quantitative estimate of drug-likeness (QED) is 0.712. The van der Waals surface area contributed by atoms with Gasteiger partial charge in [0.25, 0.3) is 0 Å². The summed E-state index contributed by atoms with van der Waals surface area (Å²) in [7, 11) is 0. The minimum absolute atomic E-state index is 0.179. The standard InChI is InChI=1S/C13H22N4O2/c18-13(17-7-9-19-10-8-17)11-14-3-1-2-5-16-6-4-15-12-16/h4,6,12,14H,1-3,5,7-11H2. The number of amides is 1. The lowest BCUT2D eigenvalue weighted by Crippen LogP contribution is -2.44. The van der Waals surface area contributed by atoms with Crippen LogP contribution in [-0.4, -0.2) is 59.8 Å². The average Bonchev–Trinajstić information content (AvgIpc) is 2.96. The molecule has 0 aromatic carbocycles. The van der Waals surface area contributed by atoms with Crippen molar-refractivity contribution in [3.05, 3.63) is 18.7 Å². The molecule has 2 heterocycles. The second kappa shape index (κ2) is 7.91. The Bertz CT molecular complexity index is 361. The average molecular weight is 266 g/mol. The molecule has 0 atom stereocenters. The molecule has 1 amide bonds. The zero-order valence-corrected chi connectivity index (χ0v) is 11.3. The number of carbonyl (C=O) groups is 1. The summed E-state index contributed by atoms with van der Waals surface area (Å²) in [6, 6.07) is 0. The van der Waals surface area contributed by atoms with E-state index >= 15 is 0 Å². The number of imidazole rings is 1. The lowest BCUT2D eigenvalue weighted by molar-refractivity contribution is -0.134. The number of carbonyl (C=O) groups excluding carboxylic acids is 1. The minimum Gasteiger partial charge on any atom is -0.378 e. The van der Waals surface area contributed by atoms with Crippen molar-refractivity contribution in [3.8, 4) is 0 Å². The summed E-state index contributed by atoms with van der Waals surface area (Å²) in [6.45, 7) is 5.07. The van der Waals surface area contributed by atoms with Crippen LogP contribution in [0.3, 0.4) is 0 Å². The predicted molar refractivity (Wildman–Crippen MR) is 71.7 cm³/mol. The maximum Gasteiger partial charge on any atom is 0.236 e. The van der Waals surface area contributed by atoms with Gasteiger partial charge in [-0.2, -0.15) is 0 Å². The molecule has 1 aromatic rings. The van der Waals surface area contributed by atoms with Gasteiger partial charge in [-0.15, -0.1) is 0 Å². The van der Waals surface area contributed by atoms with E-state index in [-0.39, 0.29) is 5.91 Å². The molecule has 0 unspecified atom stereocenters. The second-order valence-electron chi connectivity index (χ2n) is 4.68. The van der Waals surface area contributed by atoms with Gasteiger partial charge in [-0.25, -0.2) is 4.98 Å². The van der Waals surface area contributed by atoms with Gasteiger partial charge in [0.1, 0.15) is 0 Å². The SMILES string of the molecule is O=C(CNCCCCn1ccnc1)N1CCOCC1. The van der Waals surface area contributed by atoms with Crippen LogP contribution < -0.4 is 5.32 Å². The summed E-state index contributed by atoms with van der Waals surface area (Å²) in [5.41, 5.74) is 0. The molecule has 106 valence electrons. The van der Waals surface area contributed by atoms with Crippen molar-refractivity contribution >= 4 is 5.91 Å². The van der Waals surface area contributed by atoms with E-state index in [0.29, 0.717) is 19.8 Å². The molecule has 0 radical (unpaired) electrons. The Morgan fingerprint density at radius 3 is 2.89 bits per heavy atom. The topological polar surface area (TPSA) is 59.4 Å². The zero-order chi connectivity index (χ0) is 13.3. The molecule has 1 saturated heterocycles. The van der Waals surface area contributed by atoms with Crippen LogP contribution in [0.5, 0.6) is 0 Å². The van der Waals surface area contributed by atoms with Crippen molar-refractivity contribution in [1.82, 2.24) is 19.8 Å². The van der Waals surface area contributed by atoms with Gasteiger partial charge in [0.2, 0.25) is 5.91 Å². The lowest BCUT2D eigenvalue weighted by Gasteiger charge is -2.26. The van der Waals surface area contributed by atoms with Gasteiger partial charge in [-0.05, 0) is 19.4 Å². The van der Waals surface area contributed by atoms with Crippen LogP contribution in [0.15, 0.2) is 18.7 Å². The van der Waals surface area contributed by atoms with Crippen molar-refractivity contribution < 1.29 is 9.53 Å². The fourth-order valence-electron chi connectivity index (χ4n) is 2.08. The highest BCUT2D eigenvalue weighted by Crippen LogP contribution is 1.97. The van der Waals surface area contributed by atoms with E-state index in [0.717, 1.165) is 39.0 Å².